The Morgan fingerprint density at radius 3 is 2.69 bits per heavy atom. The van der Waals surface area contributed by atoms with Crippen LogP contribution in [0.15, 0.2) is 23.2 Å². The summed E-state index contributed by atoms with van der Waals surface area (Å²) < 4.78 is 24.0. The molecule has 1 aromatic rings. The van der Waals surface area contributed by atoms with Crippen molar-refractivity contribution in [2.24, 2.45) is 4.99 Å². The molecule has 1 amide bonds. The van der Waals surface area contributed by atoms with Crippen LogP contribution >= 0.6 is 35.0 Å². The van der Waals surface area contributed by atoms with E-state index >= 15 is 0 Å². The fourth-order valence-corrected chi connectivity index (χ4v) is 7.19. The Labute approximate surface area is 164 Å². The normalized spacial score (nSPS) is 25.5. The van der Waals surface area contributed by atoms with Crippen LogP contribution in [-0.2, 0) is 19.4 Å². The van der Waals surface area contributed by atoms with Crippen molar-refractivity contribution in [2.45, 2.75) is 24.1 Å². The number of benzene rings is 1. The molecule has 11 heteroatoms. The second-order valence-corrected chi connectivity index (χ2v) is 10.2. The van der Waals surface area contributed by atoms with E-state index in [0.717, 1.165) is 0 Å². The van der Waals surface area contributed by atoms with Gasteiger partial charge in [-0.15, -0.1) is 0 Å². The molecular formula is C15H14Cl2N2O5S2. The topological polar surface area (TPSA) is 104 Å². The molecule has 7 nitrogen and oxygen atoms in total. The number of carbonyl (C=O) groups is 2. The zero-order valence-electron chi connectivity index (χ0n) is 13.3. The van der Waals surface area contributed by atoms with Crippen molar-refractivity contribution >= 4 is 67.5 Å². The van der Waals surface area contributed by atoms with Gasteiger partial charge in [0, 0.05) is 16.7 Å². The standard InChI is InChI=1S/C15H14Cl2N2O5S2/c16-8-1-2-9(17)10(5-8)19-11-6-26(23,24)7-12(11)25-15(19)18-13(20)3-4-14(21)22/h1-2,5,11-12H,3-4,6-7H2,(H,21,22)/t11-,12-/m0/s1. The third kappa shape index (κ3) is 4.16. The molecule has 2 heterocycles. The van der Waals surface area contributed by atoms with Crippen LogP contribution in [0.25, 0.3) is 0 Å². The summed E-state index contributed by atoms with van der Waals surface area (Å²) in [6, 6.07) is 4.38. The van der Waals surface area contributed by atoms with Gasteiger partial charge in [0.05, 0.1) is 34.7 Å². The van der Waals surface area contributed by atoms with Gasteiger partial charge in [0.25, 0.3) is 0 Å². The highest BCUT2D eigenvalue weighted by atomic mass is 35.5. The SMILES string of the molecule is O=C(O)CCC(=O)N=C1S[C@H]2CS(=O)(=O)C[C@@H]2N1c1cc(Cl)ccc1Cl. The molecule has 2 atom stereocenters. The predicted molar refractivity (Wildman–Crippen MR) is 102 cm³/mol. The van der Waals surface area contributed by atoms with Crippen molar-refractivity contribution in [2.75, 3.05) is 16.4 Å². The summed E-state index contributed by atoms with van der Waals surface area (Å²) in [5.74, 6) is -1.76. The quantitative estimate of drug-likeness (QED) is 0.772. The Morgan fingerprint density at radius 1 is 1.27 bits per heavy atom. The van der Waals surface area contributed by atoms with Gasteiger partial charge < -0.3 is 10.0 Å². The number of fused-ring (bicyclic) bond motifs is 1. The first kappa shape index (κ1) is 19.5. The molecule has 1 N–H and O–H groups in total. The molecule has 0 aliphatic carbocycles. The molecule has 2 saturated heterocycles. The summed E-state index contributed by atoms with van der Waals surface area (Å²) in [5, 5.41) is 9.50. The lowest BCUT2D eigenvalue weighted by atomic mass is 10.2. The van der Waals surface area contributed by atoms with Gasteiger partial charge in [0.2, 0.25) is 5.91 Å². The highest BCUT2D eigenvalue weighted by molar-refractivity contribution is 8.16. The van der Waals surface area contributed by atoms with Gasteiger partial charge in [-0.2, -0.15) is 4.99 Å². The lowest BCUT2D eigenvalue weighted by molar-refractivity contribution is -0.138. The van der Waals surface area contributed by atoms with Crippen molar-refractivity contribution in [1.82, 2.24) is 0 Å². The second kappa shape index (κ2) is 7.38. The Morgan fingerprint density at radius 2 is 2.00 bits per heavy atom. The number of amides is 1. The monoisotopic (exact) mass is 436 g/mol. The fraction of sp³-hybridized carbons (Fsp3) is 0.400. The number of carbonyl (C=O) groups excluding carboxylic acids is 1. The maximum atomic E-state index is 12.0. The number of aliphatic carboxylic acids is 1. The lowest BCUT2D eigenvalue weighted by Gasteiger charge is -2.25. The van der Waals surface area contributed by atoms with Gasteiger partial charge in [-0.3, -0.25) is 9.59 Å². The minimum atomic E-state index is -3.20. The molecule has 0 saturated carbocycles. The molecule has 2 aliphatic rings. The van der Waals surface area contributed by atoms with Gasteiger partial charge in [0.15, 0.2) is 15.0 Å². The first-order valence-corrected chi connectivity index (χ1v) is 11.1. The average molecular weight is 437 g/mol. The summed E-state index contributed by atoms with van der Waals surface area (Å²) in [6.45, 7) is 0. The van der Waals surface area contributed by atoms with Crippen LogP contribution in [0.2, 0.25) is 10.0 Å². The van der Waals surface area contributed by atoms with Gasteiger partial charge in [-0.05, 0) is 18.2 Å². The van der Waals surface area contributed by atoms with Crippen molar-refractivity contribution in [3.8, 4) is 0 Å². The van der Waals surface area contributed by atoms with E-state index < -0.39 is 27.8 Å². The largest absolute Gasteiger partial charge is 0.481 e. The third-order valence-electron chi connectivity index (χ3n) is 4.01. The number of carboxylic acid groups (broad SMARTS) is 1. The Kier molecular flexibility index (Phi) is 5.53. The smallest absolute Gasteiger partial charge is 0.303 e. The Hall–Kier alpha value is -1.29. The second-order valence-electron chi connectivity index (χ2n) is 5.95. The van der Waals surface area contributed by atoms with Crippen LogP contribution in [-0.4, -0.2) is 53.4 Å². The number of rotatable bonds is 4. The summed E-state index contributed by atoms with van der Waals surface area (Å²) in [6.07, 6.45) is -0.552. The van der Waals surface area contributed by atoms with E-state index in [4.69, 9.17) is 28.3 Å². The van der Waals surface area contributed by atoms with E-state index in [1.54, 1.807) is 23.1 Å². The minimum Gasteiger partial charge on any atom is -0.481 e. The summed E-state index contributed by atoms with van der Waals surface area (Å²) in [4.78, 5) is 28.3. The van der Waals surface area contributed by atoms with E-state index in [1.807, 2.05) is 0 Å². The van der Waals surface area contributed by atoms with Crippen molar-refractivity contribution in [3.63, 3.8) is 0 Å². The fourth-order valence-electron chi connectivity index (χ4n) is 2.89. The minimum absolute atomic E-state index is 0.0145. The van der Waals surface area contributed by atoms with E-state index in [1.165, 1.54) is 11.8 Å². The Balaban J connectivity index is 1.97. The third-order valence-corrected chi connectivity index (χ3v) is 7.77. The number of amidine groups is 1. The summed E-state index contributed by atoms with van der Waals surface area (Å²) in [7, 11) is -3.20. The maximum absolute atomic E-state index is 12.0. The zero-order chi connectivity index (χ0) is 19.1. The molecule has 0 bridgehead atoms. The Bertz CT molecular complexity index is 903. The first-order chi connectivity index (χ1) is 12.2. The molecule has 0 spiro atoms. The number of halogens is 2. The predicted octanol–water partition coefficient (Wildman–Crippen LogP) is 2.46. The molecule has 0 unspecified atom stereocenters. The summed E-state index contributed by atoms with van der Waals surface area (Å²) >= 11 is 13.5. The molecule has 2 fully saturated rings. The van der Waals surface area contributed by atoms with Gasteiger partial charge in [0.1, 0.15) is 0 Å². The van der Waals surface area contributed by atoms with Crippen LogP contribution in [0.4, 0.5) is 5.69 Å². The number of sulfone groups is 1. The summed E-state index contributed by atoms with van der Waals surface area (Å²) in [5.41, 5.74) is 0.473. The van der Waals surface area contributed by atoms with Crippen molar-refractivity contribution < 1.29 is 23.1 Å². The zero-order valence-corrected chi connectivity index (χ0v) is 16.4. The van der Waals surface area contributed by atoms with Crippen LogP contribution in [0, 0.1) is 0 Å². The molecule has 2 aliphatic heterocycles. The van der Waals surface area contributed by atoms with E-state index in [-0.39, 0.29) is 29.6 Å². The average Bonchev–Trinajstić information content (AvgIpc) is 2.99. The van der Waals surface area contributed by atoms with Crippen LogP contribution in [0.1, 0.15) is 12.8 Å². The molecule has 26 heavy (non-hydrogen) atoms. The van der Waals surface area contributed by atoms with Gasteiger partial charge in [-0.25, -0.2) is 8.42 Å². The van der Waals surface area contributed by atoms with Crippen molar-refractivity contribution in [1.29, 1.82) is 0 Å². The van der Waals surface area contributed by atoms with E-state index in [9.17, 15) is 18.0 Å². The molecular weight excluding hydrogens is 423 g/mol. The number of hydrogen-bond donors (Lipinski definition) is 1. The van der Waals surface area contributed by atoms with Crippen LogP contribution in [0.3, 0.4) is 0 Å². The van der Waals surface area contributed by atoms with Gasteiger partial charge in [-0.1, -0.05) is 35.0 Å². The number of aliphatic imine (C=N–C) groups is 1. The van der Waals surface area contributed by atoms with Crippen LogP contribution < -0.4 is 4.90 Å². The van der Waals surface area contributed by atoms with E-state index in [0.29, 0.717) is 20.9 Å². The number of carboxylic acids is 1. The number of nitrogens with zero attached hydrogens (tertiary/aromatic N) is 2. The maximum Gasteiger partial charge on any atom is 0.303 e. The van der Waals surface area contributed by atoms with E-state index in [2.05, 4.69) is 4.99 Å². The lowest BCUT2D eigenvalue weighted by Crippen LogP contribution is -2.38. The van der Waals surface area contributed by atoms with Crippen LogP contribution in [0.5, 0.6) is 0 Å². The number of anilines is 1. The molecule has 0 aromatic heterocycles. The first-order valence-electron chi connectivity index (χ1n) is 7.61. The van der Waals surface area contributed by atoms with Crippen molar-refractivity contribution in [3.05, 3.63) is 28.2 Å². The van der Waals surface area contributed by atoms with Gasteiger partial charge >= 0.3 is 5.97 Å². The highest BCUT2D eigenvalue weighted by Gasteiger charge is 2.49. The molecule has 3 rings (SSSR count). The number of hydrogen-bond acceptors (Lipinski definition) is 5. The number of thioether (sulfide) groups is 1. The molecule has 0 radical (unpaired) electrons. The molecule has 1 aromatic carbocycles. The highest BCUT2D eigenvalue weighted by Crippen LogP contribution is 2.43. The molecule has 140 valence electrons.